The lowest BCUT2D eigenvalue weighted by Crippen LogP contribution is -2.40. The van der Waals surface area contributed by atoms with Gasteiger partial charge in [-0.3, -0.25) is 9.36 Å². The molecule has 1 aromatic heterocycles. The summed E-state index contributed by atoms with van der Waals surface area (Å²) in [4.78, 5) is 32.3. The number of hydrogen-bond donors (Lipinski definition) is 0. The number of carbonyl (C=O) groups excluding carboxylic acids is 1. The summed E-state index contributed by atoms with van der Waals surface area (Å²) in [6, 6.07) is 20.3. The number of thiazole rings is 1. The Bertz CT molecular complexity index is 1840. The summed E-state index contributed by atoms with van der Waals surface area (Å²) in [5.74, 6) is 0.250. The Hall–Kier alpha value is -4.50. The van der Waals surface area contributed by atoms with Crippen LogP contribution in [0.1, 0.15) is 50.4 Å². The highest BCUT2D eigenvalue weighted by molar-refractivity contribution is 7.07. The molecule has 0 unspecified atom stereocenters. The molecule has 0 bridgehead atoms. The average Bonchev–Trinajstić information content (AvgIpc) is 3.26. The monoisotopic (exact) mass is 586 g/mol. The van der Waals surface area contributed by atoms with Gasteiger partial charge in [0.15, 0.2) is 4.80 Å². The van der Waals surface area contributed by atoms with Gasteiger partial charge in [0, 0.05) is 11.1 Å². The molecule has 5 rings (SSSR count). The number of para-hydroxylation sites is 1. The molecule has 216 valence electrons. The second kappa shape index (κ2) is 12.6. The van der Waals surface area contributed by atoms with Crippen LogP contribution in [0.2, 0.25) is 0 Å². The molecule has 0 N–H and O–H groups in total. The molecule has 1 atom stereocenters. The summed E-state index contributed by atoms with van der Waals surface area (Å²) >= 11 is 1.23. The van der Waals surface area contributed by atoms with Crippen LogP contribution in [-0.4, -0.2) is 23.2 Å². The predicted octanol–water partition coefficient (Wildman–Crippen LogP) is 5.30. The molecule has 0 amide bonds. The van der Waals surface area contributed by atoms with E-state index in [2.05, 4.69) is 4.99 Å². The van der Waals surface area contributed by atoms with Crippen LogP contribution in [0.15, 0.2) is 93.9 Å². The first kappa shape index (κ1) is 29.0. The van der Waals surface area contributed by atoms with Crippen molar-refractivity contribution in [1.29, 1.82) is 0 Å². The van der Waals surface area contributed by atoms with Crippen LogP contribution < -0.4 is 24.4 Å². The van der Waals surface area contributed by atoms with Crippen molar-refractivity contribution in [3.8, 4) is 11.5 Å². The fourth-order valence-corrected chi connectivity index (χ4v) is 5.82. The van der Waals surface area contributed by atoms with Crippen molar-refractivity contribution in [2.45, 2.75) is 46.4 Å². The topological polar surface area (TPSA) is 79.1 Å². The number of rotatable bonds is 9. The number of fused-ring (bicyclic) bond motifs is 1. The second-order valence-corrected chi connectivity index (χ2v) is 11.0. The van der Waals surface area contributed by atoms with Gasteiger partial charge < -0.3 is 14.2 Å². The van der Waals surface area contributed by atoms with E-state index in [0.29, 0.717) is 43.2 Å². The van der Waals surface area contributed by atoms with E-state index in [1.807, 2.05) is 50.2 Å². The molecule has 1 aliphatic rings. The van der Waals surface area contributed by atoms with E-state index in [1.165, 1.54) is 22.0 Å². The van der Waals surface area contributed by atoms with E-state index >= 15 is 0 Å². The largest absolute Gasteiger partial charge is 0.491 e. The Morgan fingerprint density at radius 2 is 1.86 bits per heavy atom. The number of benzene rings is 3. The lowest BCUT2D eigenvalue weighted by atomic mass is 9.95. The Balaban J connectivity index is 1.58. The molecule has 2 heterocycles. The number of halogens is 1. The van der Waals surface area contributed by atoms with Crippen LogP contribution in [0.25, 0.3) is 6.08 Å². The van der Waals surface area contributed by atoms with Gasteiger partial charge in [0.05, 0.1) is 28.5 Å². The summed E-state index contributed by atoms with van der Waals surface area (Å²) in [5.41, 5.74) is 2.32. The zero-order valence-electron chi connectivity index (χ0n) is 23.8. The van der Waals surface area contributed by atoms with Crippen molar-refractivity contribution < 1.29 is 23.4 Å². The minimum Gasteiger partial charge on any atom is -0.491 e. The van der Waals surface area contributed by atoms with E-state index in [0.717, 1.165) is 5.56 Å². The minimum atomic E-state index is -0.784. The molecule has 0 fully saturated rings. The summed E-state index contributed by atoms with van der Waals surface area (Å²) in [6.07, 6.45) is 1.64. The van der Waals surface area contributed by atoms with Gasteiger partial charge in [0.2, 0.25) is 0 Å². The quantitative estimate of drug-likeness (QED) is 0.249. The molecule has 1 aliphatic heterocycles. The van der Waals surface area contributed by atoms with Crippen LogP contribution in [-0.2, 0) is 16.1 Å². The Morgan fingerprint density at radius 3 is 2.62 bits per heavy atom. The van der Waals surface area contributed by atoms with E-state index in [4.69, 9.17) is 14.2 Å². The van der Waals surface area contributed by atoms with Crippen molar-refractivity contribution in [3.63, 3.8) is 0 Å². The first-order valence-corrected chi connectivity index (χ1v) is 14.5. The number of aromatic nitrogens is 1. The van der Waals surface area contributed by atoms with E-state index in [1.54, 1.807) is 50.3 Å². The van der Waals surface area contributed by atoms with Crippen molar-refractivity contribution >= 4 is 23.4 Å². The maximum absolute atomic E-state index is 14.0. The SMILES string of the molecule is CCOC(=O)C1=C(C)N=c2s/c(=C\c3cccc(OCc4ccccc4F)c3)c(=O)n2[C@H]1c1ccccc1OC(C)C. The van der Waals surface area contributed by atoms with Gasteiger partial charge in [-0.15, -0.1) is 0 Å². The Labute approximate surface area is 246 Å². The smallest absolute Gasteiger partial charge is 0.338 e. The minimum absolute atomic E-state index is 0.0755. The lowest BCUT2D eigenvalue weighted by molar-refractivity contribution is -0.139. The third-order valence-electron chi connectivity index (χ3n) is 6.60. The zero-order chi connectivity index (χ0) is 29.8. The highest BCUT2D eigenvalue weighted by atomic mass is 32.1. The summed E-state index contributed by atoms with van der Waals surface area (Å²) in [7, 11) is 0. The van der Waals surface area contributed by atoms with Gasteiger partial charge in [-0.1, -0.05) is 59.9 Å². The first-order chi connectivity index (χ1) is 20.3. The molecule has 0 aliphatic carbocycles. The van der Waals surface area contributed by atoms with Crippen molar-refractivity contribution in [1.82, 2.24) is 4.57 Å². The number of allylic oxidation sites excluding steroid dienone is 1. The van der Waals surface area contributed by atoms with Gasteiger partial charge in [-0.05, 0) is 63.6 Å². The van der Waals surface area contributed by atoms with E-state index in [9.17, 15) is 14.0 Å². The fourth-order valence-electron chi connectivity index (χ4n) is 4.78. The lowest BCUT2D eigenvalue weighted by Gasteiger charge is -2.26. The Morgan fingerprint density at radius 1 is 1.10 bits per heavy atom. The van der Waals surface area contributed by atoms with Crippen LogP contribution in [0.3, 0.4) is 0 Å². The third kappa shape index (κ3) is 6.06. The molecule has 0 radical (unpaired) electrons. The fraction of sp³-hybridized carbons (Fsp3) is 0.242. The molecule has 9 heteroatoms. The molecule has 3 aromatic carbocycles. The van der Waals surface area contributed by atoms with Gasteiger partial charge >= 0.3 is 5.97 Å². The van der Waals surface area contributed by atoms with Crippen molar-refractivity contribution in [2.24, 2.45) is 4.99 Å². The number of esters is 1. The van der Waals surface area contributed by atoms with Gasteiger partial charge in [0.25, 0.3) is 5.56 Å². The van der Waals surface area contributed by atoms with Crippen LogP contribution in [0.4, 0.5) is 4.39 Å². The van der Waals surface area contributed by atoms with Crippen molar-refractivity contribution in [3.05, 3.63) is 126 Å². The van der Waals surface area contributed by atoms with Crippen LogP contribution in [0, 0.1) is 5.82 Å². The predicted molar refractivity (Wildman–Crippen MR) is 160 cm³/mol. The number of carbonyl (C=O) groups is 1. The second-order valence-electron chi connectivity index (χ2n) is 9.96. The molecule has 42 heavy (non-hydrogen) atoms. The molecule has 0 saturated heterocycles. The number of ether oxygens (including phenoxy) is 3. The molecule has 4 aromatic rings. The van der Waals surface area contributed by atoms with E-state index < -0.39 is 12.0 Å². The normalized spacial score (nSPS) is 14.9. The molecule has 0 spiro atoms. The average molecular weight is 587 g/mol. The number of hydrogen-bond acceptors (Lipinski definition) is 7. The molecule has 0 saturated carbocycles. The Kier molecular flexibility index (Phi) is 8.68. The first-order valence-electron chi connectivity index (χ1n) is 13.7. The number of nitrogens with zero attached hydrogens (tertiary/aromatic N) is 2. The summed E-state index contributed by atoms with van der Waals surface area (Å²) in [5, 5.41) is 0. The maximum Gasteiger partial charge on any atom is 0.338 e. The maximum atomic E-state index is 14.0. The van der Waals surface area contributed by atoms with Gasteiger partial charge in [-0.2, -0.15) is 0 Å². The highest BCUT2D eigenvalue weighted by Crippen LogP contribution is 2.36. The zero-order valence-corrected chi connectivity index (χ0v) is 24.6. The summed E-state index contributed by atoms with van der Waals surface area (Å²) in [6.45, 7) is 7.59. The van der Waals surface area contributed by atoms with Gasteiger partial charge in [0.1, 0.15) is 30.0 Å². The molecular formula is C33H31FN2O5S. The third-order valence-corrected chi connectivity index (χ3v) is 7.58. The van der Waals surface area contributed by atoms with Crippen molar-refractivity contribution in [2.75, 3.05) is 6.61 Å². The molecular weight excluding hydrogens is 555 g/mol. The van der Waals surface area contributed by atoms with Gasteiger partial charge in [-0.25, -0.2) is 14.2 Å². The van der Waals surface area contributed by atoms with Crippen LogP contribution in [0.5, 0.6) is 11.5 Å². The standard InChI is InChI=1S/C33H31FN2O5S/c1-5-39-32(38)29-21(4)35-33-36(30(29)25-14-7-9-16-27(25)41-20(2)3)31(37)28(42-33)18-22-11-10-13-24(17-22)40-19-23-12-6-8-15-26(23)34/h6-18,20,30H,5,19H2,1-4H3/b28-18-/t30-/m0/s1. The highest BCUT2D eigenvalue weighted by Gasteiger charge is 2.35. The van der Waals surface area contributed by atoms with E-state index in [-0.39, 0.29) is 30.7 Å². The summed E-state index contributed by atoms with van der Waals surface area (Å²) < 4.78 is 33.3. The van der Waals surface area contributed by atoms with Crippen LogP contribution >= 0.6 is 11.3 Å². The molecule has 7 nitrogen and oxygen atoms in total.